The highest BCUT2D eigenvalue weighted by Gasteiger charge is 2.56. The van der Waals surface area contributed by atoms with Crippen molar-refractivity contribution in [3.63, 3.8) is 0 Å². The summed E-state index contributed by atoms with van der Waals surface area (Å²) in [7, 11) is 3.12. The molecule has 2 aromatic carbocycles. The van der Waals surface area contributed by atoms with E-state index in [4.69, 9.17) is 4.74 Å². The molecule has 8 heteroatoms. The third-order valence-electron chi connectivity index (χ3n) is 4.52. The minimum atomic E-state index is -4.89. The lowest BCUT2D eigenvalue weighted by molar-refractivity contribution is -0.256. The van der Waals surface area contributed by atoms with Crippen molar-refractivity contribution in [2.45, 2.75) is 30.5 Å². The second-order valence-electron chi connectivity index (χ2n) is 6.62. The van der Waals surface area contributed by atoms with Crippen LogP contribution < -0.4 is 4.74 Å². The average Bonchev–Trinajstić information content (AvgIpc) is 2.70. The van der Waals surface area contributed by atoms with E-state index in [1.807, 2.05) is 18.9 Å². The number of aryl methyl sites for hydroxylation is 1. The van der Waals surface area contributed by atoms with Crippen LogP contribution >= 0.6 is 11.8 Å². The molecule has 0 bridgehead atoms. The lowest BCUT2D eigenvalue weighted by Crippen LogP contribution is -2.45. The van der Waals surface area contributed by atoms with Crippen LogP contribution in [0.15, 0.2) is 52.4 Å². The zero-order valence-corrected chi connectivity index (χ0v) is 17.6. The van der Waals surface area contributed by atoms with Gasteiger partial charge >= 0.3 is 6.18 Å². The van der Waals surface area contributed by atoms with E-state index in [0.717, 1.165) is 18.3 Å². The van der Waals surface area contributed by atoms with E-state index in [1.54, 1.807) is 43.6 Å². The summed E-state index contributed by atoms with van der Waals surface area (Å²) >= 11 is 0.934. The fourth-order valence-electron chi connectivity index (χ4n) is 2.57. The summed E-state index contributed by atoms with van der Waals surface area (Å²) in [6.07, 6.45) is -3.29. The Morgan fingerprint density at radius 3 is 2.41 bits per heavy atom. The van der Waals surface area contributed by atoms with Gasteiger partial charge in [0.05, 0.1) is 19.1 Å². The minimum absolute atomic E-state index is 0.0598. The number of halogens is 3. The maximum absolute atomic E-state index is 14.0. The largest absolute Gasteiger partial charge is 0.496 e. The van der Waals surface area contributed by atoms with Crippen molar-refractivity contribution in [2.24, 2.45) is 4.99 Å². The number of rotatable bonds is 8. The summed E-state index contributed by atoms with van der Waals surface area (Å²) in [5.41, 5.74) is -2.41. The first-order valence-electron chi connectivity index (χ1n) is 9.03. The summed E-state index contributed by atoms with van der Waals surface area (Å²) in [4.78, 5) is 6.79. The van der Waals surface area contributed by atoms with Crippen molar-refractivity contribution in [2.75, 3.05) is 26.5 Å². The number of benzene rings is 2. The van der Waals surface area contributed by atoms with Gasteiger partial charge < -0.3 is 14.7 Å². The standard InChI is InChI=1S/C21H25F3N2O2S/c1-5-26(3)14-25-18-12-19(28-4)17(11-15(18)2)20(27,21(22,23)24)13-29-16-9-7-6-8-10-16/h6-12,14,27H,5,13H2,1-4H3. The van der Waals surface area contributed by atoms with Gasteiger partial charge in [-0.05, 0) is 37.6 Å². The van der Waals surface area contributed by atoms with Crippen molar-refractivity contribution in [1.82, 2.24) is 4.90 Å². The van der Waals surface area contributed by atoms with Crippen LogP contribution in [0.5, 0.6) is 5.75 Å². The van der Waals surface area contributed by atoms with E-state index < -0.39 is 17.5 Å². The Kier molecular flexibility index (Phi) is 7.60. The molecular formula is C21H25F3N2O2S. The first-order valence-corrected chi connectivity index (χ1v) is 10.0. The number of aliphatic hydroxyl groups is 1. The molecule has 0 aliphatic heterocycles. The molecular weight excluding hydrogens is 401 g/mol. The number of methoxy groups -OCH3 is 1. The van der Waals surface area contributed by atoms with Gasteiger partial charge in [-0.1, -0.05) is 18.2 Å². The van der Waals surface area contributed by atoms with Crippen molar-refractivity contribution in [3.05, 3.63) is 53.6 Å². The first kappa shape index (κ1) is 23.1. The van der Waals surface area contributed by atoms with Crippen molar-refractivity contribution >= 4 is 23.8 Å². The lowest BCUT2D eigenvalue weighted by Gasteiger charge is -2.32. The summed E-state index contributed by atoms with van der Waals surface area (Å²) in [6.45, 7) is 4.35. The molecule has 0 radical (unpaired) electrons. The maximum atomic E-state index is 14.0. The molecule has 0 heterocycles. The SMILES string of the molecule is CCN(C)C=Nc1cc(OC)c(C(O)(CSc2ccccc2)C(F)(F)F)cc1C. The van der Waals surface area contributed by atoms with Gasteiger partial charge in [-0.25, -0.2) is 4.99 Å². The molecule has 0 amide bonds. The molecule has 1 unspecified atom stereocenters. The molecule has 0 saturated carbocycles. The van der Waals surface area contributed by atoms with Crippen LogP contribution in [-0.2, 0) is 5.60 Å². The molecule has 0 saturated heterocycles. The zero-order chi connectivity index (χ0) is 21.7. The second kappa shape index (κ2) is 9.54. The highest BCUT2D eigenvalue weighted by Crippen LogP contribution is 2.47. The van der Waals surface area contributed by atoms with Crippen LogP contribution in [0.25, 0.3) is 0 Å². The van der Waals surface area contributed by atoms with Gasteiger partial charge in [-0.15, -0.1) is 11.8 Å². The van der Waals surface area contributed by atoms with E-state index in [0.29, 0.717) is 16.1 Å². The van der Waals surface area contributed by atoms with Crippen molar-refractivity contribution in [1.29, 1.82) is 0 Å². The lowest BCUT2D eigenvalue weighted by atomic mass is 9.92. The number of hydrogen-bond donors (Lipinski definition) is 1. The predicted molar refractivity (Wildman–Crippen MR) is 111 cm³/mol. The number of thioether (sulfide) groups is 1. The van der Waals surface area contributed by atoms with Crippen molar-refractivity contribution < 1.29 is 23.0 Å². The summed E-state index contributed by atoms with van der Waals surface area (Å²) in [6, 6.07) is 11.4. The Morgan fingerprint density at radius 2 is 1.86 bits per heavy atom. The molecule has 0 aromatic heterocycles. The molecule has 1 N–H and O–H groups in total. The highest BCUT2D eigenvalue weighted by atomic mass is 32.2. The summed E-state index contributed by atoms with van der Waals surface area (Å²) < 4.78 is 47.2. The fourth-order valence-corrected chi connectivity index (χ4v) is 3.61. The highest BCUT2D eigenvalue weighted by molar-refractivity contribution is 7.99. The van der Waals surface area contributed by atoms with Gasteiger partial charge in [-0.2, -0.15) is 13.2 Å². The number of hydrogen-bond acceptors (Lipinski definition) is 4. The van der Waals surface area contributed by atoms with Crippen LogP contribution in [0.2, 0.25) is 0 Å². The van der Waals surface area contributed by atoms with E-state index >= 15 is 0 Å². The Labute approximate surface area is 173 Å². The molecule has 2 aromatic rings. The zero-order valence-electron chi connectivity index (χ0n) is 16.8. The fraction of sp³-hybridized carbons (Fsp3) is 0.381. The molecule has 2 rings (SSSR count). The molecule has 29 heavy (non-hydrogen) atoms. The second-order valence-corrected chi connectivity index (χ2v) is 7.67. The van der Waals surface area contributed by atoms with E-state index in [-0.39, 0.29) is 11.3 Å². The van der Waals surface area contributed by atoms with Gasteiger partial charge in [0.1, 0.15) is 5.75 Å². The first-order chi connectivity index (χ1) is 13.6. The van der Waals surface area contributed by atoms with Gasteiger partial charge in [0.2, 0.25) is 0 Å². The number of alkyl halides is 3. The van der Waals surface area contributed by atoms with Crippen LogP contribution in [0.1, 0.15) is 18.1 Å². The summed E-state index contributed by atoms with van der Waals surface area (Å²) in [5, 5.41) is 10.8. The van der Waals surface area contributed by atoms with Gasteiger partial charge in [-0.3, -0.25) is 0 Å². The van der Waals surface area contributed by atoms with E-state index in [1.165, 1.54) is 19.2 Å². The van der Waals surface area contributed by atoms with Crippen molar-refractivity contribution in [3.8, 4) is 5.75 Å². The topological polar surface area (TPSA) is 45.1 Å². The molecule has 4 nitrogen and oxygen atoms in total. The third-order valence-corrected chi connectivity index (χ3v) is 5.68. The van der Waals surface area contributed by atoms with Crippen LogP contribution in [0.4, 0.5) is 18.9 Å². The number of aliphatic imine (C=N–C) groups is 1. The Balaban J connectivity index is 2.47. The van der Waals surface area contributed by atoms with Gasteiger partial charge in [0, 0.05) is 35.9 Å². The molecule has 0 spiro atoms. The van der Waals surface area contributed by atoms with Crippen LogP contribution in [0.3, 0.4) is 0 Å². The van der Waals surface area contributed by atoms with E-state index in [9.17, 15) is 18.3 Å². The Bertz CT molecular complexity index is 844. The molecule has 0 aliphatic rings. The maximum Gasteiger partial charge on any atom is 0.422 e. The molecule has 1 atom stereocenters. The average molecular weight is 427 g/mol. The van der Waals surface area contributed by atoms with Gasteiger partial charge in [0.15, 0.2) is 5.60 Å². The number of ether oxygens (including phenoxy) is 1. The minimum Gasteiger partial charge on any atom is -0.496 e. The van der Waals surface area contributed by atoms with Crippen LogP contribution in [-0.4, -0.2) is 49.0 Å². The summed E-state index contributed by atoms with van der Waals surface area (Å²) in [5.74, 6) is -0.660. The predicted octanol–water partition coefficient (Wildman–Crippen LogP) is 5.16. The Hall–Kier alpha value is -2.19. The normalized spacial score (nSPS) is 14.1. The number of nitrogens with zero attached hydrogens (tertiary/aromatic N) is 2. The Morgan fingerprint density at radius 1 is 1.21 bits per heavy atom. The van der Waals surface area contributed by atoms with Gasteiger partial charge in [0.25, 0.3) is 0 Å². The molecule has 158 valence electrons. The smallest absolute Gasteiger partial charge is 0.422 e. The third kappa shape index (κ3) is 5.45. The quantitative estimate of drug-likeness (QED) is 0.360. The van der Waals surface area contributed by atoms with E-state index in [2.05, 4.69) is 4.99 Å². The van der Waals surface area contributed by atoms with Crippen LogP contribution in [0, 0.1) is 6.92 Å². The monoisotopic (exact) mass is 426 g/mol. The molecule has 0 aliphatic carbocycles. The molecule has 0 fully saturated rings.